The SMILES string of the molecule is CN(C)CC=C1CNC1. The van der Waals surface area contributed by atoms with Crippen molar-refractivity contribution in [3.05, 3.63) is 11.6 Å². The standard InChI is InChI=1S/C7H14N2/c1-9(2)4-3-7-5-8-6-7/h3,8H,4-6H2,1-2H3. The molecule has 0 bridgehead atoms. The van der Waals surface area contributed by atoms with E-state index in [1.54, 1.807) is 5.57 Å². The maximum Gasteiger partial charge on any atom is 0.0180 e. The molecule has 0 aromatic carbocycles. The summed E-state index contributed by atoms with van der Waals surface area (Å²) in [4.78, 5) is 2.17. The molecule has 9 heavy (non-hydrogen) atoms. The Hall–Kier alpha value is -0.340. The fourth-order valence-electron chi connectivity index (χ4n) is 0.725. The van der Waals surface area contributed by atoms with Crippen LogP contribution in [0.1, 0.15) is 0 Å². The fraction of sp³-hybridized carbons (Fsp3) is 0.714. The summed E-state index contributed by atoms with van der Waals surface area (Å²) in [6.45, 7) is 3.29. The van der Waals surface area contributed by atoms with E-state index in [4.69, 9.17) is 0 Å². The summed E-state index contributed by atoms with van der Waals surface area (Å²) < 4.78 is 0. The third-order valence-electron chi connectivity index (χ3n) is 1.45. The summed E-state index contributed by atoms with van der Waals surface area (Å²) in [5.74, 6) is 0. The molecule has 1 heterocycles. The second-order valence-corrected chi connectivity index (χ2v) is 2.73. The molecule has 0 spiro atoms. The van der Waals surface area contributed by atoms with Gasteiger partial charge in [-0.1, -0.05) is 6.08 Å². The fourth-order valence-corrected chi connectivity index (χ4v) is 0.725. The average molecular weight is 126 g/mol. The first-order chi connectivity index (χ1) is 4.29. The van der Waals surface area contributed by atoms with Crippen LogP contribution < -0.4 is 5.32 Å². The summed E-state index contributed by atoms with van der Waals surface area (Å²) in [7, 11) is 4.17. The number of hydrogen-bond acceptors (Lipinski definition) is 2. The molecule has 1 aliphatic rings. The van der Waals surface area contributed by atoms with Crippen LogP contribution in [0.2, 0.25) is 0 Å². The van der Waals surface area contributed by atoms with Gasteiger partial charge in [0.25, 0.3) is 0 Å². The molecule has 0 aromatic heterocycles. The van der Waals surface area contributed by atoms with Crippen LogP contribution >= 0.6 is 0 Å². The summed E-state index contributed by atoms with van der Waals surface area (Å²) in [6, 6.07) is 0. The summed E-state index contributed by atoms with van der Waals surface area (Å²) >= 11 is 0. The van der Waals surface area contributed by atoms with Crippen molar-refractivity contribution in [3.63, 3.8) is 0 Å². The average Bonchev–Trinajstić information content (AvgIpc) is 1.60. The van der Waals surface area contributed by atoms with Crippen LogP contribution in [-0.4, -0.2) is 38.6 Å². The zero-order chi connectivity index (χ0) is 6.69. The molecule has 2 heteroatoms. The predicted octanol–water partition coefficient (Wildman–Crippen LogP) is 0.0776. The van der Waals surface area contributed by atoms with Gasteiger partial charge in [-0.25, -0.2) is 0 Å². The molecule has 2 nitrogen and oxygen atoms in total. The lowest BCUT2D eigenvalue weighted by atomic mass is 10.1. The number of hydrogen-bond donors (Lipinski definition) is 1. The zero-order valence-electron chi connectivity index (χ0n) is 6.15. The first-order valence-electron chi connectivity index (χ1n) is 3.32. The molecular weight excluding hydrogens is 112 g/mol. The predicted molar refractivity (Wildman–Crippen MR) is 39.5 cm³/mol. The van der Waals surface area contributed by atoms with Gasteiger partial charge < -0.3 is 10.2 Å². The van der Waals surface area contributed by atoms with Crippen LogP contribution in [0.5, 0.6) is 0 Å². The summed E-state index contributed by atoms with van der Waals surface area (Å²) in [6.07, 6.45) is 2.29. The Morgan fingerprint density at radius 2 is 2.22 bits per heavy atom. The van der Waals surface area contributed by atoms with Gasteiger partial charge in [-0.15, -0.1) is 0 Å². The molecule has 0 aliphatic carbocycles. The summed E-state index contributed by atoms with van der Waals surface area (Å²) in [5, 5.41) is 3.20. The van der Waals surface area contributed by atoms with Crippen molar-refractivity contribution in [3.8, 4) is 0 Å². The van der Waals surface area contributed by atoms with Crippen molar-refractivity contribution in [1.82, 2.24) is 10.2 Å². The Kier molecular flexibility index (Phi) is 2.25. The normalized spacial score (nSPS) is 17.9. The van der Waals surface area contributed by atoms with Gasteiger partial charge >= 0.3 is 0 Å². The Morgan fingerprint density at radius 3 is 2.56 bits per heavy atom. The van der Waals surface area contributed by atoms with Crippen LogP contribution in [0, 0.1) is 0 Å². The van der Waals surface area contributed by atoms with Gasteiger partial charge in [0.05, 0.1) is 0 Å². The van der Waals surface area contributed by atoms with E-state index < -0.39 is 0 Å². The molecule has 1 aliphatic heterocycles. The highest BCUT2D eigenvalue weighted by atomic mass is 15.0. The molecule has 0 atom stereocenters. The van der Waals surface area contributed by atoms with E-state index in [1.807, 2.05) is 0 Å². The van der Waals surface area contributed by atoms with Crippen LogP contribution in [0.3, 0.4) is 0 Å². The van der Waals surface area contributed by atoms with Gasteiger partial charge in [-0.2, -0.15) is 0 Å². The maximum atomic E-state index is 3.20. The van der Waals surface area contributed by atoms with Crippen LogP contribution in [0.4, 0.5) is 0 Å². The lowest BCUT2D eigenvalue weighted by Crippen LogP contribution is -2.34. The minimum absolute atomic E-state index is 1.08. The Morgan fingerprint density at radius 1 is 1.56 bits per heavy atom. The minimum atomic E-state index is 1.08. The van der Waals surface area contributed by atoms with Crippen LogP contribution in [0.15, 0.2) is 11.6 Å². The van der Waals surface area contributed by atoms with Crippen molar-refractivity contribution in [2.75, 3.05) is 33.7 Å². The van der Waals surface area contributed by atoms with E-state index in [0.29, 0.717) is 0 Å². The topological polar surface area (TPSA) is 15.3 Å². The highest BCUT2D eigenvalue weighted by Crippen LogP contribution is 1.98. The van der Waals surface area contributed by atoms with Gasteiger partial charge in [0.2, 0.25) is 0 Å². The molecule has 0 amide bonds. The first-order valence-corrected chi connectivity index (χ1v) is 3.32. The highest BCUT2D eigenvalue weighted by molar-refractivity contribution is 5.14. The molecule has 1 N–H and O–H groups in total. The Bertz CT molecular complexity index is 110. The van der Waals surface area contributed by atoms with Crippen molar-refractivity contribution in [1.29, 1.82) is 0 Å². The van der Waals surface area contributed by atoms with Gasteiger partial charge in [-0.05, 0) is 19.7 Å². The Labute approximate surface area is 56.5 Å². The molecular formula is C7H14N2. The molecule has 1 saturated heterocycles. The first kappa shape index (κ1) is 6.78. The van der Waals surface area contributed by atoms with Crippen LogP contribution in [-0.2, 0) is 0 Å². The molecule has 52 valence electrons. The number of nitrogens with one attached hydrogen (secondary N) is 1. The van der Waals surface area contributed by atoms with E-state index in [0.717, 1.165) is 19.6 Å². The number of likely N-dealkylation sites (N-methyl/N-ethyl adjacent to an activating group) is 1. The molecule has 1 fully saturated rings. The minimum Gasteiger partial charge on any atom is -0.309 e. The smallest absolute Gasteiger partial charge is 0.0180 e. The lowest BCUT2D eigenvalue weighted by molar-refractivity contribution is 0.452. The second-order valence-electron chi connectivity index (χ2n) is 2.73. The zero-order valence-corrected chi connectivity index (χ0v) is 6.15. The lowest BCUT2D eigenvalue weighted by Gasteiger charge is -2.19. The quantitative estimate of drug-likeness (QED) is 0.527. The molecule has 0 radical (unpaired) electrons. The monoisotopic (exact) mass is 126 g/mol. The second kappa shape index (κ2) is 2.99. The van der Waals surface area contributed by atoms with Gasteiger partial charge in [0.15, 0.2) is 0 Å². The van der Waals surface area contributed by atoms with Crippen molar-refractivity contribution in [2.24, 2.45) is 0 Å². The number of nitrogens with zero attached hydrogens (tertiary/aromatic N) is 1. The van der Waals surface area contributed by atoms with E-state index in [9.17, 15) is 0 Å². The highest BCUT2D eigenvalue weighted by Gasteiger charge is 2.04. The van der Waals surface area contributed by atoms with E-state index in [-0.39, 0.29) is 0 Å². The van der Waals surface area contributed by atoms with E-state index in [2.05, 4.69) is 30.4 Å². The van der Waals surface area contributed by atoms with E-state index in [1.165, 1.54) is 0 Å². The van der Waals surface area contributed by atoms with Crippen molar-refractivity contribution >= 4 is 0 Å². The molecule has 0 saturated carbocycles. The molecule has 0 unspecified atom stereocenters. The summed E-state index contributed by atoms with van der Waals surface area (Å²) in [5.41, 5.74) is 1.55. The van der Waals surface area contributed by atoms with Crippen molar-refractivity contribution < 1.29 is 0 Å². The third kappa shape index (κ3) is 2.16. The Balaban J connectivity index is 2.15. The van der Waals surface area contributed by atoms with Gasteiger partial charge in [0.1, 0.15) is 0 Å². The van der Waals surface area contributed by atoms with E-state index >= 15 is 0 Å². The number of rotatable bonds is 2. The third-order valence-corrected chi connectivity index (χ3v) is 1.45. The largest absolute Gasteiger partial charge is 0.309 e. The van der Waals surface area contributed by atoms with Gasteiger partial charge in [0, 0.05) is 19.6 Å². The van der Waals surface area contributed by atoms with Crippen molar-refractivity contribution in [2.45, 2.75) is 0 Å². The molecule has 0 aromatic rings. The molecule has 1 rings (SSSR count). The van der Waals surface area contributed by atoms with Gasteiger partial charge in [-0.3, -0.25) is 0 Å². The van der Waals surface area contributed by atoms with Crippen LogP contribution in [0.25, 0.3) is 0 Å². The maximum absolute atomic E-state index is 3.20.